The Morgan fingerprint density at radius 2 is 2.06 bits per heavy atom. The number of amides is 1. The fourth-order valence-corrected chi connectivity index (χ4v) is 2.39. The van der Waals surface area contributed by atoms with Crippen molar-refractivity contribution in [2.75, 3.05) is 11.9 Å². The summed E-state index contributed by atoms with van der Waals surface area (Å²) in [6, 6.07) is 4.28. The molecule has 1 aromatic carbocycles. The summed E-state index contributed by atoms with van der Waals surface area (Å²) in [6.45, 7) is 6.70. The van der Waals surface area contributed by atoms with Crippen molar-refractivity contribution in [3.63, 3.8) is 0 Å². The molecule has 1 aromatic rings. The highest BCUT2D eigenvalue weighted by Gasteiger charge is 2.39. The quantitative estimate of drug-likeness (QED) is 0.837. The highest BCUT2D eigenvalue weighted by Crippen LogP contribution is 2.40. The van der Waals surface area contributed by atoms with Crippen molar-refractivity contribution in [2.45, 2.75) is 39.0 Å². The third-order valence-corrected chi connectivity index (χ3v) is 3.57. The second-order valence-corrected chi connectivity index (χ2v) is 5.15. The van der Waals surface area contributed by atoms with Crippen LogP contribution in [0.4, 0.5) is 5.69 Å². The maximum absolute atomic E-state index is 12.0. The van der Waals surface area contributed by atoms with Crippen molar-refractivity contribution in [3.05, 3.63) is 28.8 Å². The first kappa shape index (κ1) is 12.1. The summed E-state index contributed by atoms with van der Waals surface area (Å²) in [4.78, 5) is 12.0. The predicted octanol–water partition coefficient (Wildman–Crippen LogP) is 1.98. The first-order valence-electron chi connectivity index (χ1n) is 6.18. The van der Waals surface area contributed by atoms with Gasteiger partial charge >= 0.3 is 0 Å². The third-order valence-electron chi connectivity index (χ3n) is 3.57. The molecule has 0 fully saturated rings. The first-order chi connectivity index (χ1) is 8.00. The first-order valence-corrected chi connectivity index (χ1v) is 6.18. The molecule has 3 nitrogen and oxygen atoms in total. The van der Waals surface area contributed by atoms with E-state index in [1.54, 1.807) is 0 Å². The average molecular weight is 232 g/mol. The van der Waals surface area contributed by atoms with E-state index in [-0.39, 0.29) is 5.91 Å². The predicted molar refractivity (Wildman–Crippen MR) is 70.2 cm³/mol. The fourth-order valence-electron chi connectivity index (χ4n) is 2.39. The van der Waals surface area contributed by atoms with Crippen molar-refractivity contribution in [3.8, 4) is 0 Å². The van der Waals surface area contributed by atoms with Gasteiger partial charge in [0.25, 0.3) is 0 Å². The Hall–Kier alpha value is -1.35. The van der Waals surface area contributed by atoms with Gasteiger partial charge in [-0.05, 0) is 49.9 Å². The summed E-state index contributed by atoms with van der Waals surface area (Å²) >= 11 is 0. The van der Waals surface area contributed by atoms with Crippen LogP contribution in [-0.4, -0.2) is 12.5 Å². The van der Waals surface area contributed by atoms with Crippen molar-refractivity contribution in [1.82, 2.24) is 0 Å². The van der Waals surface area contributed by atoms with Crippen LogP contribution in [-0.2, 0) is 23.1 Å². The zero-order valence-electron chi connectivity index (χ0n) is 10.8. The average Bonchev–Trinajstić information content (AvgIpc) is 2.51. The summed E-state index contributed by atoms with van der Waals surface area (Å²) < 4.78 is 0. The minimum absolute atomic E-state index is 0.0899. The van der Waals surface area contributed by atoms with Crippen LogP contribution in [0, 0.1) is 0 Å². The molecule has 17 heavy (non-hydrogen) atoms. The van der Waals surface area contributed by atoms with E-state index in [0.29, 0.717) is 6.54 Å². The number of benzene rings is 1. The lowest BCUT2D eigenvalue weighted by atomic mass is 9.84. The lowest BCUT2D eigenvalue weighted by Gasteiger charge is -2.17. The summed E-state index contributed by atoms with van der Waals surface area (Å²) in [5, 5.41) is 3.01. The van der Waals surface area contributed by atoms with E-state index in [4.69, 9.17) is 5.73 Å². The minimum Gasteiger partial charge on any atom is -0.330 e. The number of rotatable bonds is 3. The molecule has 0 bridgehead atoms. The molecule has 1 amide bonds. The van der Waals surface area contributed by atoms with E-state index in [1.165, 1.54) is 11.1 Å². The smallest absolute Gasteiger partial charge is 0.234 e. The molecule has 0 spiro atoms. The van der Waals surface area contributed by atoms with Gasteiger partial charge in [0.2, 0.25) is 5.91 Å². The van der Waals surface area contributed by atoms with Gasteiger partial charge in [0.05, 0.1) is 5.41 Å². The standard InChI is InChI=1S/C14H20N2O/c1-4-10-7-9(5-6-15)8-11-12(10)16-13(17)14(11,2)3/h7-8H,4-6,15H2,1-3H3,(H,16,17). The molecular formula is C14H20N2O. The molecular weight excluding hydrogens is 212 g/mol. The number of nitrogens with two attached hydrogens (primary N) is 1. The SMILES string of the molecule is CCc1cc(CCN)cc2c1NC(=O)C2(C)C. The number of hydrogen-bond donors (Lipinski definition) is 2. The Kier molecular flexibility index (Phi) is 2.96. The molecule has 1 aliphatic heterocycles. The highest BCUT2D eigenvalue weighted by molar-refractivity contribution is 6.06. The van der Waals surface area contributed by atoms with E-state index in [0.717, 1.165) is 24.1 Å². The van der Waals surface area contributed by atoms with Gasteiger partial charge in [-0.3, -0.25) is 4.79 Å². The second-order valence-electron chi connectivity index (χ2n) is 5.15. The summed E-state index contributed by atoms with van der Waals surface area (Å²) in [6.07, 6.45) is 1.79. The maximum Gasteiger partial charge on any atom is 0.234 e. The van der Waals surface area contributed by atoms with Crippen molar-refractivity contribution >= 4 is 11.6 Å². The van der Waals surface area contributed by atoms with Gasteiger partial charge < -0.3 is 11.1 Å². The van der Waals surface area contributed by atoms with Gasteiger partial charge in [-0.25, -0.2) is 0 Å². The Bertz CT molecular complexity index is 464. The molecule has 0 aromatic heterocycles. The largest absolute Gasteiger partial charge is 0.330 e. The van der Waals surface area contributed by atoms with Crippen LogP contribution in [0.25, 0.3) is 0 Å². The summed E-state index contributed by atoms with van der Waals surface area (Å²) in [7, 11) is 0. The Morgan fingerprint density at radius 3 is 2.65 bits per heavy atom. The van der Waals surface area contributed by atoms with Crippen LogP contribution in [0.15, 0.2) is 12.1 Å². The molecule has 0 aliphatic carbocycles. The van der Waals surface area contributed by atoms with Crippen molar-refractivity contribution in [1.29, 1.82) is 0 Å². The van der Waals surface area contributed by atoms with E-state index in [1.807, 2.05) is 13.8 Å². The van der Waals surface area contributed by atoms with Crippen LogP contribution in [0.3, 0.4) is 0 Å². The topological polar surface area (TPSA) is 55.1 Å². The van der Waals surface area contributed by atoms with Gasteiger partial charge in [0.15, 0.2) is 0 Å². The molecule has 3 heteroatoms. The van der Waals surface area contributed by atoms with Crippen LogP contribution >= 0.6 is 0 Å². The second kappa shape index (κ2) is 4.15. The Balaban J connectivity index is 2.57. The lowest BCUT2D eigenvalue weighted by Crippen LogP contribution is -2.26. The van der Waals surface area contributed by atoms with Gasteiger partial charge in [0.1, 0.15) is 0 Å². The minimum atomic E-state index is -0.427. The summed E-state index contributed by atoms with van der Waals surface area (Å²) in [5.41, 5.74) is 9.76. The van der Waals surface area contributed by atoms with Crippen LogP contribution in [0.1, 0.15) is 37.5 Å². The molecule has 0 atom stereocenters. The van der Waals surface area contributed by atoms with Gasteiger partial charge in [0, 0.05) is 5.69 Å². The van der Waals surface area contributed by atoms with Gasteiger partial charge in [-0.2, -0.15) is 0 Å². The maximum atomic E-state index is 12.0. The van der Waals surface area contributed by atoms with Crippen LogP contribution < -0.4 is 11.1 Å². The van der Waals surface area contributed by atoms with Crippen molar-refractivity contribution in [2.24, 2.45) is 5.73 Å². The highest BCUT2D eigenvalue weighted by atomic mass is 16.2. The van der Waals surface area contributed by atoms with E-state index >= 15 is 0 Å². The van der Waals surface area contributed by atoms with E-state index in [2.05, 4.69) is 24.4 Å². The Morgan fingerprint density at radius 1 is 1.35 bits per heavy atom. The fraction of sp³-hybridized carbons (Fsp3) is 0.500. The number of hydrogen-bond acceptors (Lipinski definition) is 2. The van der Waals surface area contributed by atoms with E-state index < -0.39 is 5.41 Å². The normalized spacial score (nSPS) is 16.8. The zero-order chi connectivity index (χ0) is 12.6. The number of carbonyl (C=O) groups excluding carboxylic acids is 1. The molecule has 1 aliphatic rings. The van der Waals surface area contributed by atoms with Crippen LogP contribution in [0.5, 0.6) is 0 Å². The molecule has 0 saturated heterocycles. The third kappa shape index (κ3) is 1.84. The Labute approximate surface area is 102 Å². The lowest BCUT2D eigenvalue weighted by molar-refractivity contribution is -0.119. The number of aryl methyl sites for hydroxylation is 1. The number of carbonyl (C=O) groups is 1. The van der Waals surface area contributed by atoms with E-state index in [9.17, 15) is 4.79 Å². The number of anilines is 1. The summed E-state index contributed by atoms with van der Waals surface area (Å²) in [5.74, 6) is 0.0899. The molecule has 1 heterocycles. The molecule has 0 radical (unpaired) electrons. The molecule has 2 rings (SSSR count). The monoisotopic (exact) mass is 232 g/mol. The van der Waals surface area contributed by atoms with Crippen molar-refractivity contribution < 1.29 is 4.79 Å². The molecule has 0 saturated carbocycles. The van der Waals surface area contributed by atoms with Crippen LogP contribution in [0.2, 0.25) is 0 Å². The molecule has 0 unspecified atom stereocenters. The molecule has 92 valence electrons. The number of fused-ring (bicyclic) bond motifs is 1. The molecule has 3 N–H and O–H groups in total. The van der Waals surface area contributed by atoms with Gasteiger partial charge in [-0.1, -0.05) is 19.1 Å². The van der Waals surface area contributed by atoms with Gasteiger partial charge in [-0.15, -0.1) is 0 Å². The zero-order valence-corrected chi connectivity index (χ0v) is 10.8. The number of nitrogens with one attached hydrogen (secondary N) is 1.